The molecular formula is C25H27ClFN3O2. The third-order valence-corrected chi connectivity index (χ3v) is 6.41. The number of aromatic nitrogens is 1. The number of piperidine rings is 1. The molecule has 1 N–H and O–H groups in total. The molecule has 1 aromatic heterocycles. The molecule has 0 spiro atoms. The van der Waals surface area contributed by atoms with Gasteiger partial charge >= 0.3 is 0 Å². The number of aromatic hydroxyl groups is 1. The standard InChI is InChI=1S/C25H27ClFN3O2/c1-15(31)20-13-28-23-5-4-17(18-11-21(26)25(32)22(27)12-18)10-19(23)24(20)30-8-6-16(7-9-30)14-29(2)3/h4-5,10-13,16,32H,6-9,14H2,1-3H3. The summed E-state index contributed by atoms with van der Waals surface area (Å²) < 4.78 is 14.1. The van der Waals surface area contributed by atoms with Gasteiger partial charge in [0.15, 0.2) is 17.3 Å². The lowest BCUT2D eigenvalue weighted by Crippen LogP contribution is -2.37. The number of anilines is 1. The van der Waals surface area contributed by atoms with Crippen LogP contribution in [0, 0.1) is 11.7 Å². The summed E-state index contributed by atoms with van der Waals surface area (Å²) in [6.07, 6.45) is 3.76. The zero-order chi connectivity index (χ0) is 23.0. The maximum atomic E-state index is 14.1. The number of rotatable bonds is 5. The van der Waals surface area contributed by atoms with Crippen LogP contribution >= 0.6 is 11.6 Å². The number of hydrogen-bond donors (Lipinski definition) is 1. The van der Waals surface area contributed by atoms with Gasteiger partial charge in [0.2, 0.25) is 0 Å². The third-order valence-electron chi connectivity index (χ3n) is 6.12. The number of phenols is 1. The Labute approximate surface area is 192 Å². The number of hydrogen-bond acceptors (Lipinski definition) is 5. The fourth-order valence-corrected chi connectivity index (χ4v) is 4.75. The molecule has 32 heavy (non-hydrogen) atoms. The van der Waals surface area contributed by atoms with Crippen LogP contribution in [0.5, 0.6) is 5.75 Å². The number of carbonyl (C=O) groups is 1. The molecule has 1 saturated heterocycles. The third kappa shape index (κ3) is 4.43. The average molecular weight is 456 g/mol. The fourth-order valence-electron chi connectivity index (χ4n) is 4.54. The van der Waals surface area contributed by atoms with E-state index >= 15 is 0 Å². The van der Waals surface area contributed by atoms with Gasteiger partial charge in [0.25, 0.3) is 0 Å². The van der Waals surface area contributed by atoms with Gasteiger partial charge in [-0.3, -0.25) is 9.78 Å². The van der Waals surface area contributed by atoms with E-state index in [1.165, 1.54) is 12.1 Å². The van der Waals surface area contributed by atoms with Gasteiger partial charge in [-0.05, 0) is 75.2 Å². The minimum absolute atomic E-state index is 0.0334. The second-order valence-corrected chi connectivity index (χ2v) is 9.20. The van der Waals surface area contributed by atoms with Crippen molar-refractivity contribution >= 4 is 34.0 Å². The highest BCUT2D eigenvalue weighted by atomic mass is 35.5. The predicted molar refractivity (Wildman–Crippen MR) is 127 cm³/mol. The Hall–Kier alpha value is -2.70. The van der Waals surface area contributed by atoms with Gasteiger partial charge in [0.1, 0.15) is 0 Å². The zero-order valence-electron chi connectivity index (χ0n) is 18.5. The summed E-state index contributed by atoms with van der Waals surface area (Å²) in [5.41, 5.74) is 3.55. The van der Waals surface area contributed by atoms with Gasteiger partial charge in [0.05, 0.1) is 21.8 Å². The lowest BCUT2D eigenvalue weighted by molar-refractivity contribution is 0.101. The monoisotopic (exact) mass is 455 g/mol. The highest BCUT2D eigenvalue weighted by Gasteiger charge is 2.25. The Morgan fingerprint density at radius 3 is 2.56 bits per heavy atom. The van der Waals surface area contributed by atoms with E-state index in [1.807, 2.05) is 18.2 Å². The topological polar surface area (TPSA) is 56.7 Å². The van der Waals surface area contributed by atoms with E-state index in [4.69, 9.17) is 11.6 Å². The molecule has 0 saturated carbocycles. The number of carbonyl (C=O) groups excluding carboxylic acids is 1. The average Bonchev–Trinajstić information content (AvgIpc) is 2.76. The van der Waals surface area contributed by atoms with Crippen molar-refractivity contribution in [3.63, 3.8) is 0 Å². The van der Waals surface area contributed by atoms with Gasteiger partial charge < -0.3 is 14.9 Å². The summed E-state index contributed by atoms with van der Waals surface area (Å²) in [6.45, 7) is 4.34. The number of fused-ring (bicyclic) bond motifs is 1. The Morgan fingerprint density at radius 2 is 1.94 bits per heavy atom. The smallest absolute Gasteiger partial charge is 0.170 e. The van der Waals surface area contributed by atoms with Crippen molar-refractivity contribution in [2.24, 2.45) is 5.92 Å². The van der Waals surface area contributed by atoms with Crippen LogP contribution in [0.4, 0.5) is 10.1 Å². The summed E-state index contributed by atoms with van der Waals surface area (Å²) in [7, 11) is 4.19. The fraction of sp³-hybridized carbons (Fsp3) is 0.360. The second kappa shape index (κ2) is 9.04. The van der Waals surface area contributed by atoms with Crippen LogP contribution in [0.15, 0.2) is 36.5 Å². The van der Waals surface area contributed by atoms with Gasteiger partial charge in [-0.1, -0.05) is 17.7 Å². The summed E-state index contributed by atoms with van der Waals surface area (Å²) in [6, 6.07) is 8.44. The Balaban J connectivity index is 1.79. The number of benzene rings is 2. The molecule has 2 aromatic carbocycles. The molecule has 0 aliphatic carbocycles. The first-order chi connectivity index (χ1) is 15.2. The van der Waals surface area contributed by atoms with Gasteiger partial charge in [-0.25, -0.2) is 4.39 Å². The lowest BCUT2D eigenvalue weighted by atomic mass is 9.94. The van der Waals surface area contributed by atoms with Crippen LogP contribution in [0.1, 0.15) is 30.1 Å². The highest BCUT2D eigenvalue weighted by molar-refractivity contribution is 6.32. The van der Waals surface area contributed by atoms with Crippen molar-refractivity contribution in [2.45, 2.75) is 19.8 Å². The molecule has 1 aliphatic heterocycles. The Morgan fingerprint density at radius 1 is 1.22 bits per heavy atom. The molecule has 0 radical (unpaired) electrons. The molecule has 4 rings (SSSR count). The first-order valence-electron chi connectivity index (χ1n) is 10.8. The predicted octanol–water partition coefficient (Wildman–Crippen LogP) is 5.38. The molecule has 0 atom stereocenters. The van der Waals surface area contributed by atoms with E-state index in [-0.39, 0.29) is 10.8 Å². The highest BCUT2D eigenvalue weighted by Crippen LogP contribution is 2.37. The molecule has 2 heterocycles. The molecule has 0 bridgehead atoms. The SMILES string of the molecule is CC(=O)c1cnc2ccc(-c3cc(F)c(O)c(Cl)c3)cc2c1N1CCC(CN(C)C)CC1. The number of ketones is 1. The Bertz CT molecular complexity index is 1150. The molecular weight excluding hydrogens is 429 g/mol. The van der Waals surface area contributed by atoms with Crippen molar-refractivity contribution in [3.8, 4) is 16.9 Å². The van der Waals surface area contributed by atoms with E-state index in [9.17, 15) is 14.3 Å². The van der Waals surface area contributed by atoms with Crippen LogP contribution in [0.3, 0.4) is 0 Å². The van der Waals surface area contributed by atoms with Crippen LogP contribution in [0.2, 0.25) is 5.02 Å². The summed E-state index contributed by atoms with van der Waals surface area (Å²) in [4.78, 5) is 21.5. The molecule has 1 aliphatic rings. The molecule has 3 aromatic rings. The van der Waals surface area contributed by atoms with Crippen LogP contribution in [-0.2, 0) is 0 Å². The number of halogens is 2. The quantitative estimate of drug-likeness (QED) is 0.523. The maximum absolute atomic E-state index is 14.1. The number of nitrogens with zero attached hydrogens (tertiary/aromatic N) is 3. The minimum Gasteiger partial charge on any atom is -0.504 e. The maximum Gasteiger partial charge on any atom is 0.170 e. The normalized spacial score (nSPS) is 15.0. The van der Waals surface area contributed by atoms with Crippen LogP contribution < -0.4 is 4.90 Å². The van der Waals surface area contributed by atoms with Crippen LogP contribution in [-0.4, -0.2) is 54.5 Å². The molecule has 0 amide bonds. The van der Waals surface area contributed by atoms with Gasteiger partial charge in [0, 0.05) is 31.2 Å². The number of Topliss-reactive ketones (excluding diaryl/α,β-unsaturated/α-hetero) is 1. The van der Waals surface area contributed by atoms with E-state index in [1.54, 1.807) is 13.1 Å². The van der Waals surface area contributed by atoms with E-state index in [0.717, 1.165) is 54.6 Å². The van der Waals surface area contributed by atoms with Gasteiger partial charge in [-0.15, -0.1) is 0 Å². The molecule has 1 fully saturated rings. The van der Waals surface area contributed by atoms with E-state index < -0.39 is 11.6 Å². The summed E-state index contributed by atoms with van der Waals surface area (Å²) in [5.74, 6) is -0.730. The Kier molecular flexibility index (Phi) is 6.35. The van der Waals surface area contributed by atoms with Crippen molar-refractivity contribution in [1.82, 2.24) is 9.88 Å². The van der Waals surface area contributed by atoms with Crippen LogP contribution in [0.25, 0.3) is 22.0 Å². The van der Waals surface area contributed by atoms with Gasteiger partial charge in [-0.2, -0.15) is 0 Å². The van der Waals surface area contributed by atoms with E-state index in [2.05, 4.69) is 28.9 Å². The summed E-state index contributed by atoms with van der Waals surface area (Å²) in [5, 5.41) is 10.5. The first kappa shape index (κ1) is 22.5. The minimum atomic E-state index is -0.772. The number of pyridine rings is 1. The van der Waals surface area contributed by atoms with E-state index in [0.29, 0.717) is 17.0 Å². The van der Waals surface area contributed by atoms with Crippen molar-refractivity contribution in [3.05, 3.63) is 52.9 Å². The molecule has 7 heteroatoms. The number of phenolic OH excluding ortho intramolecular Hbond substituents is 1. The van der Waals surface area contributed by atoms with Crippen molar-refractivity contribution in [1.29, 1.82) is 0 Å². The summed E-state index contributed by atoms with van der Waals surface area (Å²) >= 11 is 6.00. The largest absolute Gasteiger partial charge is 0.504 e. The first-order valence-corrected chi connectivity index (χ1v) is 11.1. The second-order valence-electron chi connectivity index (χ2n) is 8.79. The molecule has 168 valence electrons. The lowest BCUT2D eigenvalue weighted by Gasteiger charge is -2.36. The van der Waals surface area contributed by atoms with Crippen molar-refractivity contribution in [2.75, 3.05) is 38.6 Å². The molecule has 0 unspecified atom stereocenters. The van der Waals surface area contributed by atoms with Crippen molar-refractivity contribution < 1.29 is 14.3 Å². The zero-order valence-corrected chi connectivity index (χ0v) is 19.3. The molecule has 5 nitrogen and oxygen atoms in total.